The molecule has 3 N–H and O–H groups in total. The molecule has 7 nitrogen and oxygen atoms in total. The summed E-state index contributed by atoms with van der Waals surface area (Å²) in [6, 6.07) is 30.3. The van der Waals surface area contributed by atoms with Crippen LogP contribution < -0.4 is 10.1 Å². The second kappa shape index (κ2) is 12.8. The van der Waals surface area contributed by atoms with Gasteiger partial charge in [0.2, 0.25) is 12.2 Å². The molecule has 4 aromatic carbocycles. The summed E-state index contributed by atoms with van der Waals surface area (Å²) in [5.74, 6) is -0.180. The van der Waals surface area contributed by atoms with Crippen molar-refractivity contribution in [2.45, 2.75) is 43.5 Å². The maximum Gasteiger partial charge on any atom is 0.230 e. The number of rotatable bonds is 9. The van der Waals surface area contributed by atoms with E-state index in [0.717, 1.165) is 16.7 Å². The topological polar surface area (TPSA) is 97.3 Å². The first kappa shape index (κ1) is 29.4. The van der Waals surface area contributed by atoms with E-state index in [1.54, 1.807) is 24.3 Å². The van der Waals surface area contributed by atoms with Gasteiger partial charge in [-0.25, -0.2) is 4.39 Å². The average Bonchev–Trinajstić information content (AvgIpc) is 3.00. The molecule has 1 aliphatic heterocycles. The number of benzene rings is 4. The van der Waals surface area contributed by atoms with Gasteiger partial charge in [0.05, 0.1) is 0 Å². The summed E-state index contributed by atoms with van der Waals surface area (Å²) < 4.78 is 32.9. The van der Waals surface area contributed by atoms with E-state index in [0.29, 0.717) is 29.8 Å². The fraction of sp³-hybridized carbons (Fsp3) is 0.265. The zero-order valence-electron chi connectivity index (χ0n) is 23.4. The van der Waals surface area contributed by atoms with Gasteiger partial charge in [0.1, 0.15) is 29.9 Å². The number of carbonyl (C=O) groups is 1. The van der Waals surface area contributed by atoms with Gasteiger partial charge < -0.3 is 29.7 Å². The Morgan fingerprint density at radius 3 is 2.17 bits per heavy atom. The van der Waals surface area contributed by atoms with Gasteiger partial charge in [-0.2, -0.15) is 0 Å². The molecule has 0 aliphatic carbocycles. The molecule has 4 aromatic rings. The Balaban J connectivity index is 1.55. The zero-order valence-corrected chi connectivity index (χ0v) is 23.4. The lowest BCUT2D eigenvalue weighted by Gasteiger charge is -2.50. The summed E-state index contributed by atoms with van der Waals surface area (Å²) in [6.07, 6.45) is -4.57. The molecule has 0 radical (unpaired) electrons. The van der Waals surface area contributed by atoms with Gasteiger partial charge in [0.15, 0.2) is 5.60 Å². The number of methoxy groups -OCH3 is 1. The molecule has 0 bridgehead atoms. The van der Waals surface area contributed by atoms with Crippen molar-refractivity contribution in [1.29, 1.82) is 0 Å². The Labute approximate surface area is 244 Å². The number of aliphatic hydroxyl groups is 2. The van der Waals surface area contributed by atoms with Crippen LogP contribution >= 0.6 is 0 Å². The maximum atomic E-state index is 14.2. The van der Waals surface area contributed by atoms with Gasteiger partial charge in [-0.1, -0.05) is 78.9 Å². The van der Waals surface area contributed by atoms with Crippen molar-refractivity contribution < 1.29 is 33.6 Å². The molecule has 1 aliphatic rings. The molecule has 5 rings (SSSR count). The molecule has 218 valence electrons. The Hall–Kier alpha value is -4.08. The van der Waals surface area contributed by atoms with Crippen molar-refractivity contribution in [3.8, 4) is 16.9 Å². The summed E-state index contributed by atoms with van der Waals surface area (Å²) in [5, 5.41) is 25.4. The Kier molecular flexibility index (Phi) is 8.99. The van der Waals surface area contributed by atoms with Crippen LogP contribution in [0.25, 0.3) is 11.1 Å². The Bertz CT molecular complexity index is 1460. The van der Waals surface area contributed by atoms with E-state index in [-0.39, 0.29) is 11.7 Å². The highest BCUT2D eigenvalue weighted by molar-refractivity contribution is 5.73. The standard InChI is InChI=1S/C34H34FNO6/c1-22(37)36-19-18-23-16-17-28(21-29(23)24-10-9-15-27(35)20-24)41-33-31(39)30(38)32(40-2)34(42-33,25-11-5-3-6-12-25)26-13-7-4-8-14-26/h3-17,20-21,30-33,38-39H,18-19H2,1-2H3,(H,36,37)/t30-,31+,32+,33-/m0/s1. The third-order valence-corrected chi connectivity index (χ3v) is 7.54. The second-order valence-corrected chi connectivity index (χ2v) is 10.3. The van der Waals surface area contributed by atoms with Crippen molar-refractivity contribution in [2.75, 3.05) is 13.7 Å². The Morgan fingerprint density at radius 2 is 1.57 bits per heavy atom. The number of nitrogens with one attached hydrogen (secondary N) is 1. The molecule has 0 unspecified atom stereocenters. The molecular formula is C34H34FNO6. The zero-order chi connectivity index (χ0) is 29.7. The van der Waals surface area contributed by atoms with Crippen LogP contribution in [0.5, 0.6) is 5.75 Å². The Morgan fingerprint density at radius 1 is 0.905 bits per heavy atom. The molecule has 1 amide bonds. The highest BCUT2D eigenvalue weighted by atomic mass is 19.1. The van der Waals surface area contributed by atoms with Crippen LogP contribution in [0.2, 0.25) is 0 Å². The van der Waals surface area contributed by atoms with Crippen LogP contribution in [0.1, 0.15) is 23.6 Å². The van der Waals surface area contributed by atoms with E-state index in [1.807, 2.05) is 66.7 Å². The number of hydrogen-bond donors (Lipinski definition) is 3. The first-order valence-electron chi connectivity index (χ1n) is 13.8. The van der Waals surface area contributed by atoms with Crippen molar-refractivity contribution in [3.05, 3.63) is 126 Å². The van der Waals surface area contributed by atoms with Crippen molar-refractivity contribution >= 4 is 5.91 Å². The van der Waals surface area contributed by atoms with Crippen molar-refractivity contribution in [3.63, 3.8) is 0 Å². The first-order chi connectivity index (χ1) is 20.3. The number of hydrogen-bond acceptors (Lipinski definition) is 6. The molecule has 1 fully saturated rings. The lowest BCUT2D eigenvalue weighted by molar-refractivity contribution is -0.308. The van der Waals surface area contributed by atoms with E-state index in [9.17, 15) is 19.4 Å². The van der Waals surface area contributed by atoms with Crippen LogP contribution in [-0.2, 0) is 26.3 Å². The molecule has 0 spiro atoms. The predicted octanol–water partition coefficient (Wildman–Crippen LogP) is 4.59. The minimum Gasteiger partial charge on any atom is -0.462 e. The summed E-state index contributed by atoms with van der Waals surface area (Å²) in [7, 11) is 1.47. The van der Waals surface area contributed by atoms with Gasteiger partial charge in [-0.3, -0.25) is 4.79 Å². The molecule has 0 aromatic heterocycles. The summed E-state index contributed by atoms with van der Waals surface area (Å²) in [5.41, 5.74) is 2.33. The van der Waals surface area contributed by atoms with Gasteiger partial charge in [-0.15, -0.1) is 0 Å². The van der Waals surface area contributed by atoms with Crippen molar-refractivity contribution in [2.24, 2.45) is 0 Å². The third-order valence-electron chi connectivity index (χ3n) is 7.54. The maximum absolute atomic E-state index is 14.2. The van der Waals surface area contributed by atoms with Crippen molar-refractivity contribution in [1.82, 2.24) is 5.32 Å². The van der Waals surface area contributed by atoms with E-state index in [2.05, 4.69) is 5.32 Å². The van der Waals surface area contributed by atoms with E-state index < -0.39 is 30.2 Å². The minimum absolute atomic E-state index is 0.140. The molecule has 4 atom stereocenters. The highest BCUT2D eigenvalue weighted by Crippen LogP contribution is 2.45. The third kappa shape index (κ3) is 5.93. The van der Waals surface area contributed by atoms with E-state index in [1.165, 1.54) is 26.2 Å². The minimum atomic E-state index is -1.45. The fourth-order valence-electron chi connectivity index (χ4n) is 5.58. The number of aliphatic hydroxyl groups excluding tert-OH is 2. The van der Waals surface area contributed by atoms with Gasteiger partial charge in [-0.05, 0) is 58.5 Å². The molecule has 8 heteroatoms. The lowest BCUT2D eigenvalue weighted by Crippen LogP contribution is -2.64. The van der Waals surface area contributed by atoms with E-state index >= 15 is 0 Å². The van der Waals surface area contributed by atoms with Crippen LogP contribution in [0.15, 0.2) is 103 Å². The van der Waals surface area contributed by atoms with E-state index in [4.69, 9.17) is 14.2 Å². The lowest BCUT2D eigenvalue weighted by atomic mass is 9.76. The highest BCUT2D eigenvalue weighted by Gasteiger charge is 2.57. The molecular weight excluding hydrogens is 537 g/mol. The smallest absolute Gasteiger partial charge is 0.230 e. The average molecular weight is 572 g/mol. The molecule has 1 saturated heterocycles. The SMILES string of the molecule is CO[C@@H]1[C@@H](O)[C@@H](O)[C@@H](Oc2ccc(CCNC(C)=O)c(-c3cccc(F)c3)c2)OC1(c1ccccc1)c1ccccc1. The molecule has 42 heavy (non-hydrogen) atoms. The number of amides is 1. The van der Waals surface area contributed by atoms with Crippen LogP contribution in [0.4, 0.5) is 4.39 Å². The molecule has 1 heterocycles. The van der Waals surface area contributed by atoms with Gasteiger partial charge >= 0.3 is 0 Å². The fourth-order valence-corrected chi connectivity index (χ4v) is 5.58. The van der Waals surface area contributed by atoms with Gasteiger partial charge in [0, 0.05) is 20.6 Å². The number of halogens is 1. The summed E-state index contributed by atoms with van der Waals surface area (Å²) >= 11 is 0. The second-order valence-electron chi connectivity index (χ2n) is 10.3. The van der Waals surface area contributed by atoms with Crippen LogP contribution in [-0.4, -0.2) is 54.4 Å². The largest absolute Gasteiger partial charge is 0.462 e. The first-order valence-corrected chi connectivity index (χ1v) is 13.8. The normalized spacial score (nSPS) is 21.5. The number of ether oxygens (including phenoxy) is 3. The molecule has 0 saturated carbocycles. The quantitative estimate of drug-likeness (QED) is 0.272. The monoisotopic (exact) mass is 571 g/mol. The van der Waals surface area contributed by atoms with Gasteiger partial charge in [0.25, 0.3) is 0 Å². The summed E-state index contributed by atoms with van der Waals surface area (Å²) in [4.78, 5) is 11.4. The predicted molar refractivity (Wildman–Crippen MR) is 156 cm³/mol. The van der Waals surface area contributed by atoms with Crippen LogP contribution in [0, 0.1) is 5.82 Å². The van der Waals surface area contributed by atoms with Crippen LogP contribution in [0.3, 0.4) is 0 Å². The number of carbonyl (C=O) groups excluding carboxylic acids is 1. The summed E-state index contributed by atoms with van der Waals surface area (Å²) in [6.45, 7) is 1.86.